The largest absolute Gasteiger partial charge is 0.406 e. The molecule has 1 aliphatic rings. The summed E-state index contributed by atoms with van der Waals surface area (Å²) in [5.74, 6) is 0. The maximum atomic E-state index is 12.6. The van der Waals surface area contributed by atoms with Crippen LogP contribution in [0.15, 0.2) is 0 Å². The van der Waals surface area contributed by atoms with Gasteiger partial charge in [-0.1, -0.05) is 0 Å². The Labute approximate surface area is 61.8 Å². The van der Waals surface area contributed by atoms with E-state index < -0.39 is 18.4 Å². The van der Waals surface area contributed by atoms with E-state index in [0.717, 1.165) is 0 Å². The number of nitrogens with one attached hydrogen (secondary N) is 1. The molecule has 0 amide bonds. The third-order valence-electron chi connectivity index (χ3n) is 1.74. The molecule has 66 valence electrons. The van der Waals surface area contributed by atoms with Crippen molar-refractivity contribution in [1.29, 1.82) is 0 Å². The van der Waals surface area contributed by atoms with E-state index in [-0.39, 0.29) is 13.0 Å². The molecule has 0 radical (unpaired) electrons. The number of hydrogen-bond donors (Lipinski definition) is 1. The van der Waals surface area contributed by atoms with Gasteiger partial charge >= 0.3 is 6.18 Å². The van der Waals surface area contributed by atoms with Crippen LogP contribution < -0.4 is 5.32 Å². The Bertz CT molecular complexity index is 133. The van der Waals surface area contributed by atoms with Gasteiger partial charge in [-0.25, -0.2) is 4.39 Å². The fourth-order valence-corrected chi connectivity index (χ4v) is 1.17. The predicted molar refractivity (Wildman–Crippen MR) is 32.0 cm³/mol. The van der Waals surface area contributed by atoms with Crippen LogP contribution in [0.25, 0.3) is 0 Å². The highest BCUT2D eigenvalue weighted by Crippen LogP contribution is 2.27. The first-order chi connectivity index (χ1) is 5.02. The van der Waals surface area contributed by atoms with E-state index in [1.54, 1.807) is 0 Å². The Hall–Kier alpha value is -0.320. The second-order valence-electron chi connectivity index (χ2n) is 2.63. The van der Waals surface area contributed by atoms with E-state index in [1.165, 1.54) is 0 Å². The number of alkyl halides is 4. The van der Waals surface area contributed by atoms with Crippen LogP contribution in [0.3, 0.4) is 0 Å². The molecule has 2 atom stereocenters. The van der Waals surface area contributed by atoms with Gasteiger partial charge in [0.25, 0.3) is 0 Å². The van der Waals surface area contributed by atoms with Crippen molar-refractivity contribution < 1.29 is 17.6 Å². The molecule has 0 spiro atoms. The van der Waals surface area contributed by atoms with Crippen molar-refractivity contribution in [2.75, 3.05) is 6.54 Å². The van der Waals surface area contributed by atoms with Crippen molar-refractivity contribution in [1.82, 2.24) is 5.32 Å². The van der Waals surface area contributed by atoms with Gasteiger partial charge < -0.3 is 5.32 Å². The van der Waals surface area contributed by atoms with E-state index in [1.807, 2.05) is 0 Å². The molecule has 1 nitrogen and oxygen atoms in total. The zero-order valence-corrected chi connectivity index (χ0v) is 5.79. The van der Waals surface area contributed by atoms with Gasteiger partial charge in [-0.2, -0.15) is 13.2 Å². The standard InChI is InChI=1S/C6H9F4N/c7-4-2-1-3-11-5(4)6(8,9)10/h4-5,11H,1-3H2/t4-,5-/m1/s1. The monoisotopic (exact) mass is 171 g/mol. The zero-order valence-electron chi connectivity index (χ0n) is 5.79. The average molecular weight is 171 g/mol. The van der Waals surface area contributed by atoms with Crippen LogP contribution in [0.4, 0.5) is 17.6 Å². The third-order valence-corrected chi connectivity index (χ3v) is 1.74. The van der Waals surface area contributed by atoms with Crippen LogP contribution >= 0.6 is 0 Å². The molecule has 0 unspecified atom stereocenters. The molecule has 1 saturated heterocycles. The number of rotatable bonds is 0. The van der Waals surface area contributed by atoms with Gasteiger partial charge in [-0.05, 0) is 19.4 Å². The minimum Gasteiger partial charge on any atom is -0.304 e. The summed E-state index contributed by atoms with van der Waals surface area (Å²) in [5, 5.41) is 2.11. The number of halogens is 4. The lowest BCUT2D eigenvalue weighted by molar-refractivity contribution is -0.174. The number of piperidine rings is 1. The second-order valence-corrected chi connectivity index (χ2v) is 2.63. The summed E-state index contributed by atoms with van der Waals surface area (Å²) in [4.78, 5) is 0. The summed E-state index contributed by atoms with van der Waals surface area (Å²) in [6.07, 6.45) is -5.73. The molecule has 0 saturated carbocycles. The van der Waals surface area contributed by atoms with Crippen molar-refractivity contribution in [2.45, 2.75) is 31.2 Å². The first kappa shape index (κ1) is 8.77. The highest BCUT2D eigenvalue weighted by atomic mass is 19.4. The molecule has 1 heterocycles. The maximum Gasteiger partial charge on any atom is 0.406 e. The summed E-state index contributed by atoms with van der Waals surface area (Å²) >= 11 is 0. The molecule has 0 aromatic heterocycles. The smallest absolute Gasteiger partial charge is 0.304 e. The molecule has 1 aliphatic heterocycles. The quantitative estimate of drug-likeness (QED) is 0.546. The molecule has 0 aromatic rings. The molecular weight excluding hydrogens is 162 g/mol. The Morgan fingerprint density at radius 2 is 1.91 bits per heavy atom. The molecule has 0 aromatic carbocycles. The fraction of sp³-hybridized carbons (Fsp3) is 1.00. The lowest BCUT2D eigenvalue weighted by atomic mass is 10.0. The highest BCUT2D eigenvalue weighted by molar-refractivity contribution is 4.86. The van der Waals surface area contributed by atoms with Crippen LogP contribution in [-0.4, -0.2) is 24.9 Å². The van der Waals surface area contributed by atoms with Crippen LogP contribution in [0, 0.1) is 0 Å². The summed E-state index contributed by atoms with van der Waals surface area (Å²) in [6.45, 7) is 0.255. The average Bonchev–Trinajstić information content (AvgIpc) is 1.86. The molecule has 1 fully saturated rings. The minimum atomic E-state index is -4.44. The first-order valence-electron chi connectivity index (χ1n) is 3.46. The number of hydrogen-bond acceptors (Lipinski definition) is 1. The van der Waals surface area contributed by atoms with Gasteiger partial charge in [0.15, 0.2) is 0 Å². The van der Waals surface area contributed by atoms with Crippen molar-refractivity contribution in [3.63, 3.8) is 0 Å². The van der Waals surface area contributed by atoms with E-state index >= 15 is 0 Å². The van der Waals surface area contributed by atoms with Crippen molar-refractivity contribution in [2.24, 2.45) is 0 Å². The lowest BCUT2D eigenvalue weighted by Crippen LogP contribution is -2.52. The van der Waals surface area contributed by atoms with Gasteiger partial charge in [0.2, 0.25) is 0 Å². The first-order valence-corrected chi connectivity index (χ1v) is 3.46. The van der Waals surface area contributed by atoms with E-state index in [9.17, 15) is 17.6 Å². The summed E-state index contributed by atoms with van der Waals surface area (Å²) in [7, 11) is 0. The fourth-order valence-electron chi connectivity index (χ4n) is 1.17. The highest BCUT2D eigenvalue weighted by Gasteiger charge is 2.45. The van der Waals surface area contributed by atoms with E-state index in [0.29, 0.717) is 6.42 Å². The van der Waals surface area contributed by atoms with Gasteiger partial charge in [-0.15, -0.1) is 0 Å². The predicted octanol–water partition coefficient (Wildman–Crippen LogP) is 1.64. The molecule has 1 N–H and O–H groups in total. The van der Waals surface area contributed by atoms with E-state index in [4.69, 9.17) is 0 Å². The van der Waals surface area contributed by atoms with Gasteiger partial charge in [0, 0.05) is 0 Å². The minimum absolute atomic E-state index is 0.0111. The normalized spacial score (nSPS) is 33.8. The Kier molecular flexibility index (Phi) is 2.37. The molecule has 0 aliphatic carbocycles. The SMILES string of the molecule is F[C@@H]1CCCN[C@H]1C(F)(F)F. The van der Waals surface area contributed by atoms with E-state index in [2.05, 4.69) is 5.32 Å². The Morgan fingerprint density at radius 1 is 1.27 bits per heavy atom. The molecule has 11 heavy (non-hydrogen) atoms. The van der Waals surface area contributed by atoms with Gasteiger partial charge in [-0.3, -0.25) is 0 Å². The van der Waals surface area contributed by atoms with Gasteiger partial charge in [0.05, 0.1) is 0 Å². The summed E-state index contributed by atoms with van der Waals surface area (Å²) < 4.78 is 48.2. The second kappa shape index (κ2) is 2.97. The van der Waals surface area contributed by atoms with Crippen LogP contribution in [0.1, 0.15) is 12.8 Å². The summed E-state index contributed by atoms with van der Waals surface area (Å²) in [6, 6.07) is -1.95. The summed E-state index contributed by atoms with van der Waals surface area (Å²) in [5.41, 5.74) is 0. The Balaban J connectivity index is 2.55. The Morgan fingerprint density at radius 3 is 2.27 bits per heavy atom. The molecule has 5 heteroatoms. The van der Waals surface area contributed by atoms with Crippen molar-refractivity contribution in [3.8, 4) is 0 Å². The lowest BCUT2D eigenvalue weighted by Gasteiger charge is -2.28. The van der Waals surface area contributed by atoms with Crippen LogP contribution in [-0.2, 0) is 0 Å². The molecular formula is C6H9F4N. The zero-order chi connectivity index (χ0) is 8.48. The maximum absolute atomic E-state index is 12.6. The topological polar surface area (TPSA) is 12.0 Å². The van der Waals surface area contributed by atoms with Crippen molar-refractivity contribution >= 4 is 0 Å². The third kappa shape index (κ3) is 2.05. The molecule has 0 bridgehead atoms. The van der Waals surface area contributed by atoms with Crippen LogP contribution in [0.2, 0.25) is 0 Å². The molecule has 1 rings (SSSR count). The van der Waals surface area contributed by atoms with Crippen LogP contribution in [0.5, 0.6) is 0 Å². The van der Waals surface area contributed by atoms with Crippen molar-refractivity contribution in [3.05, 3.63) is 0 Å². The van der Waals surface area contributed by atoms with Gasteiger partial charge in [0.1, 0.15) is 12.2 Å².